The van der Waals surface area contributed by atoms with E-state index in [9.17, 15) is 0 Å². The Kier molecular flexibility index (Phi) is 7.60. The van der Waals surface area contributed by atoms with E-state index in [1.807, 2.05) is 24.9 Å². The van der Waals surface area contributed by atoms with Crippen LogP contribution in [-0.4, -0.2) is 45.1 Å². The summed E-state index contributed by atoms with van der Waals surface area (Å²) in [6, 6.07) is 21.3. The van der Waals surface area contributed by atoms with Crippen LogP contribution in [0.2, 0.25) is 0 Å². The summed E-state index contributed by atoms with van der Waals surface area (Å²) in [4.78, 5) is 5.69. The van der Waals surface area contributed by atoms with Crippen molar-refractivity contribution in [2.24, 2.45) is 4.99 Å². The topological polar surface area (TPSA) is 45.7 Å². The van der Waals surface area contributed by atoms with Gasteiger partial charge in [-0.2, -0.15) is 0 Å². The Balaban J connectivity index is 1.51. The second-order valence-corrected chi connectivity index (χ2v) is 7.94. The van der Waals surface area contributed by atoms with Crippen LogP contribution in [0.15, 0.2) is 70.6 Å². The Bertz CT molecular complexity index is 700. The molecule has 2 N–H and O–H groups in total. The van der Waals surface area contributed by atoms with Crippen LogP contribution < -0.4 is 10.6 Å². The number of hydrogen-bond donors (Lipinski definition) is 2. The zero-order chi connectivity index (χ0) is 18.8. The van der Waals surface area contributed by atoms with Crippen LogP contribution in [0, 0.1) is 0 Å². The molecular weight excluding hydrogens is 354 g/mol. The fourth-order valence-corrected chi connectivity index (χ4v) is 4.24. The van der Waals surface area contributed by atoms with Crippen molar-refractivity contribution in [3.05, 3.63) is 66.2 Å². The van der Waals surface area contributed by atoms with E-state index in [-0.39, 0.29) is 5.41 Å². The Hall–Kier alpha value is -1.98. The predicted molar refractivity (Wildman–Crippen MR) is 115 cm³/mol. The maximum atomic E-state index is 5.62. The number of nitrogens with zero attached hydrogens (tertiary/aromatic N) is 1. The minimum absolute atomic E-state index is 0.107. The molecule has 0 aliphatic carbocycles. The molecule has 1 aliphatic rings. The van der Waals surface area contributed by atoms with Gasteiger partial charge in [0.05, 0.1) is 0 Å². The standard InChI is InChI=1S/C22H29N3OS/c1-23-21(24-14-17-27-20-10-6-3-7-11-20)25-18-22(12-15-26-16-13-22)19-8-4-2-5-9-19/h2-11H,12-18H2,1H3,(H2,23,24,25). The highest BCUT2D eigenvalue weighted by atomic mass is 32.2. The minimum atomic E-state index is 0.107. The molecule has 5 heteroatoms. The van der Waals surface area contributed by atoms with Gasteiger partial charge in [-0.05, 0) is 30.5 Å². The number of rotatable bonds is 7. The molecule has 1 aliphatic heterocycles. The van der Waals surface area contributed by atoms with E-state index < -0.39 is 0 Å². The maximum absolute atomic E-state index is 5.62. The predicted octanol–water partition coefficient (Wildman–Crippen LogP) is 3.69. The molecule has 0 aromatic heterocycles. The van der Waals surface area contributed by atoms with E-state index in [1.54, 1.807) is 0 Å². The van der Waals surface area contributed by atoms with Crippen LogP contribution >= 0.6 is 11.8 Å². The van der Waals surface area contributed by atoms with Gasteiger partial charge >= 0.3 is 0 Å². The van der Waals surface area contributed by atoms with Crippen LogP contribution in [0.5, 0.6) is 0 Å². The summed E-state index contributed by atoms with van der Waals surface area (Å²) in [5.41, 5.74) is 1.49. The van der Waals surface area contributed by atoms with Crippen molar-refractivity contribution in [2.75, 3.05) is 39.1 Å². The first kappa shape index (κ1) is 19.8. The lowest BCUT2D eigenvalue weighted by Crippen LogP contribution is -2.48. The smallest absolute Gasteiger partial charge is 0.191 e. The van der Waals surface area contributed by atoms with Crippen molar-refractivity contribution in [1.29, 1.82) is 0 Å². The highest BCUT2D eigenvalue weighted by Crippen LogP contribution is 2.34. The molecule has 1 fully saturated rings. The lowest BCUT2D eigenvalue weighted by atomic mass is 9.74. The third-order valence-corrected chi connectivity index (χ3v) is 6.07. The number of benzene rings is 2. The SMILES string of the molecule is CN=C(NCCSc1ccccc1)NCC1(c2ccccc2)CCOCC1. The van der Waals surface area contributed by atoms with E-state index in [2.05, 4.69) is 70.2 Å². The summed E-state index contributed by atoms with van der Waals surface area (Å²) in [6.45, 7) is 3.37. The number of guanidine groups is 1. The summed E-state index contributed by atoms with van der Waals surface area (Å²) in [5, 5.41) is 6.99. The van der Waals surface area contributed by atoms with Crippen LogP contribution in [0.4, 0.5) is 0 Å². The summed E-state index contributed by atoms with van der Waals surface area (Å²) in [6.07, 6.45) is 2.07. The van der Waals surface area contributed by atoms with Crippen LogP contribution in [0.25, 0.3) is 0 Å². The van der Waals surface area contributed by atoms with Crippen molar-refractivity contribution >= 4 is 17.7 Å². The van der Waals surface area contributed by atoms with Crippen molar-refractivity contribution in [3.63, 3.8) is 0 Å². The van der Waals surface area contributed by atoms with Gasteiger partial charge in [0.25, 0.3) is 0 Å². The van der Waals surface area contributed by atoms with Gasteiger partial charge in [0, 0.05) is 49.4 Å². The van der Waals surface area contributed by atoms with Gasteiger partial charge in [0.2, 0.25) is 0 Å². The second kappa shape index (κ2) is 10.4. The van der Waals surface area contributed by atoms with E-state index in [1.165, 1.54) is 10.5 Å². The minimum Gasteiger partial charge on any atom is -0.381 e. The molecule has 2 aromatic carbocycles. The largest absolute Gasteiger partial charge is 0.381 e. The van der Waals surface area contributed by atoms with Gasteiger partial charge in [-0.1, -0.05) is 48.5 Å². The molecule has 0 atom stereocenters. The van der Waals surface area contributed by atoms with Crippen molar-refractivity contribution < 1.29 is 4.74 Å². The van der Waals surface area contributed by atoms with Gasteiger partial charge in [-0.15, -0.1) is 11.8 Å². The van der Waals surface area contributed by atoms with E-state index in [0.29, 0.717) is 0 Å². The molecule has 0 saturated carbocycles. The molecule has 1 saturated heterocycles. The normalized spacial score (nSPS) is 16.7. The maximum Gasteiger partial charge on any atom is 0.191 e. The first-order chi connectivity index (χ1) is 13.3. The Morgan fingerprint density at radius 3 is 2.33 bits per heavy atom. The van der Waals surface area contributed by atoms with Gasteiger partial charge in [-0.3, -0.25) is 4.99 Å². The molecule has 3 rings (SSSR count). The number of nitrogens with one attached hydrogen (secondary N) is 2. The van der Waals surface area contributed by atoms with Crippen molar-refractivity contribution in [1.82, 2.24) is 10.6 Å². The fourth-order valence-electron chi connectivity index (χ4n) is 3.45. The molecule has 27 heavy (non-hydrogen) atoms. The summed E-state index contributed by atoms with van der Waals surface area (Å²) < 4.78 is 5.62. The van der Waals surface area contributed by atoms with Crippen molar-refractivity contribution in [2.45, 2.75) is 23.2 Å². The molecule has 2 aromatic rings. The summed E-state index contributed by atoms with van der Waals surface area (Å²) in [7, 11) is 1.83. The number of aliphatic imine (C=N–C) groups is 1. The van der Waals surface area contributed by atoms with Gasteiger partial charge in [0.1, 0.15) is 0 Å². The molecule has 0 spiro atoms. The molecule has 144 valence electrons. The monoisotopic (exact) mass is 383 g/mol. The van der Waals surface area contributed by atoms with Crippen LogP contribution in [0.1, 0.15) is 18.4 Å². The summed E-state index contributed by atoms with van der Waals surface area (Å²) >= 11 is 1.85. The Morgan fingerprint density at radius 2 is 1.67 bits per heavy atom. The average molecular weight is 384 g/mol. The molecular formula is C22H29N3OS. The van der Waals surface area contributed by atoms with E-state index in [0.717, 1.165) is 50.9 Å². The van der Waals surface area contributed by atoms with Gasteiger partial charge < -0.3 is 15.4 Å². The lowest BCUT2D eigenvalue weighted by Gasteiger charge is -2.38. The number of hydrogen-bond acceptors (Lipinski definition) is 3. The van der Waals surface area contributed by atoms with Crippen LogP contribution in [0.3, 0.4) is 0 Å². The quantitative estimate of drug-likeness (QED) is 0.331. The molecule has 0 radical (unpaired) electrons. The average Bonchev–Trinajstić information content (AvgIpc) is 2.75. The number of thioether (sulfide) groups is 1. The Labute approximate surface area is 166 Å². The molecule has 0 unspecified atom stereocenters. The fraction of sp³-hybridized carbons (Fsp3) is 0.409. The van der Waals surface area contributed by atoms with Crippen LogP contribution in [-0.2, 0) is 10.2 Å². The first-order valence-electron chi connectivity index (χ1n) is 9.58. The highest BCUT2D eigenvalue weighted by Gasteiger charge is 2.34. The van der Waals surface area contributed by atoms with Gasteiger partial charge in [-0.25, -0.2) is 0 Å². The molecule has 4 nitrogen and oxygen atoms in total. The third-order valence-electron chi connectivity index (χ3n) is 5.06. The zero-order valence-electron chi connectivity index (χ0n) is 16.0. The lowest BCUT2D eigenvalue weighted by molar-refractivity contribution is 0.0514. The first-order valence-corrected chi connectivity index (χ1v) is 10.6. The Morgan fingerprint density at radius 1 is 1.00 bits per heavy atom. The second-order valence-electron chi connectivity index (χ2n) is 6.77. The number of ether oxygens (including phenoxy) is 1. The van der Waals surface area contributed by atoms with Gasteiger partial charge in [0.15, 0.2) is 5.96 Å². The van der Waals surface area contributed by atoms with Crippen molar-refractivity contribution in [3.8, 4) is 0 Å². The van der Waals surface area contributed by atoms with E-state index in [4.69, 9.17) is 4.74 Å². The molecule has 0 bridgehead atoms. The van der Waals surface area contributed by atoms with E-state index >= 15 is 0 Å². The highest BCUT2D eigenvalue weighted by molar-refractivity contribution is 7.99. The molecule has 0 amide bonds. The third kappa shape index (κ3) is 5.75. The summed E-state index contributed by atoms with van der Waals surface area (Å²) in [5.74, 6) is 1.87. The molecule has 1 heterocycles. The zero-order valence-corrected chi connectivity index (χ0v) is 16.8.